The Labute approximate surface area is 160 Å². The van der Waals surface area contributed by atoms with Gasteiger partial charge in [0.05, 0.1) is 13.6 Å². The predicted octanol–water partition coefficient (Wildman–Crippen LogP) is 3.90. The standard InChI is InChI=1S/C23H38N2O/c1-3-4-5-6-7-8-9-10-14-18-23(26)24-19-15-20-25(2)21-22-16-12-11-13-17-22/h4-5,11-13,16-17H,3,6-10,14-15,18-21H2,1-2H3,(H,24,26)/p+1/b5-4+. The molecule has 3 heteroatoms. The highest BCUT2D eigenvalue weighted by molar-refractivity contribution is 5.75. The van der Waals surface area contributed by atoms with E-state index in [1.807, 2.05) is 0 Å². The average Bonchev–Trinajstić information content (AvgIpc) is 2.65. The van der Waals surface area contributed by atoms with Gasteiger partial charge in [-0.1, -0.05) is 68.7 Å². The molecule has 1 aromatic rings. The fraction of sp³-hybridized carbons (Fsp3) is 0.609. The van der Waals surface area contributed by atoms with Crippen LogP contribution in [0.4, 0.5) is 0 Å². The lowest BCUT2D eigenvalue weighted by Gasteiger charge is -2.14. The molecule has 1 amide bonds. The van der Waals surface area contributed by atoms with Crippen LogP contribution in [-0.2, 0) is 11.3 Å². The van der Waals surface area contributed by atoms with E-state index in [0.29, 0.717) is 6.42 Å². The number of unbranched alkanes of at least 4 members (excludes halogenated alkanes) is 5. The van der Waals surface area contributed by atoms with Crippen LogP contribution in [0.2, 0.25) is 0 Å². The van der Waals surface area contributed by atoms with Crippen molar-refractivity contribution in [1.82, 2.24) is 5.32 Å². The molecular weight excluding hydrogens is 320 g/mol. The summed E-state index contributed by atoms with van der Waals surface area (Å²) in [5, 5.41) is 3.07. The fourth-order valence-electron chi connectivity index (χ4n) is 3.10. The second kappa shape index (κ2) is 15.6. The van der Waals surface area contributed by atoms with Crippen LogP contribution in [0.3, 0.4) is 0 Å². The molecule has 2 N–H and O–H groups in total. The molecular formula is C23H39N2O+. The average molecular weight is 360 g/mol. The quantitative estimate of drug-likeness (QED) is 0.361. The van der Waals surface area contributed by atoms with Crippen LogP contribution in [0, 0.1) is 0 Å². The van der Waals surface area contributed by atoms with Crippen LogP contribution in [-0.4, -0.2) is 26.0 Å². The summed E-state index contributed by atoms with van der Waals surface area (Å²) in [5.74, 6) is 0.219. The summed E-state index contributed by atoms with van der Waals surface area (Å²) in [4.78, 5) is 13.3. The Morgan fingerprint density at radius 2 is 1.73 bits per heavy atom. The highest BCUT2D eigenvalue weighted by atomic mass is 16.1. The van der Waals surface area contributed by atoms with Crippen LogP contribution in [0.5, 0.6) is 0 Å². The van der Waals surface area contributed by atoms with Crippen molar-refractivity contribution in [1.29, 1.82) is 0 Å². The molecule has 3 nitrogen and oxygen atoms in total. The molecule has 0 fully saturated rings. The molecule has 0 saturated carbocycles. The molecule has 26 heavy (non-hydrogen) atoms. The number of carbonyl (C=O) groups excluding carboxylic acids is 1. The monoisotopic (exact) mass is 359 g/mol. The minimum absolute atomic E-state index is 0.219. The number of amides is 1. The Kier molecular flexibility index (Phi) is 13.5. The number of rotatable bonds is 15. The minimum Gasteiger partial charge on any atom is -0.356 e. The number of quaternary nitrogens is 1. The fourth-order valence-corrected chi connectivity index (χ4v) is 3.10. The van der Waals surface area contributed by atoms with E-state index in [4.69, 9.17) is 0 Å². The third-order valence-corrected chi connectivity index (χ3v) is 4.63. The zero-order chi connectivity index (χ0) is 18.9. The minimum atomic E-state index is 0.219. The zero-order valence-corrected chi connectivity index (χ0v) is 16.9. The van der Waals surface area contributed by atoms with Gasteiger partial charge in [-0.25, -0.2) is 0 Å². The van der Waals surface area contributed by atoms with Gasteiger partial charge in [0.2, 0.25) is 5.91 Å². The smallest absolute Gasteiger partial charge is 0.219 e. The molecule has 0 spiro atoms. The summed E-state index contributed by atoms with van der Waals surface area (Å²) in [6.07, 6.45) is 14.6. The molecule has 0 aliphatic carbocycles. The van der Waals surface area contributed by atoms with Crippen molar-refractivity contribution in [3.05, 3.63) is 48.0 Å². The lowest BCUT2D eigenvalue weighted by Crippen LogP contribution is -3.07. The van der Waals surface area contributed by atoms with E-state index >= 15 is 0 Å². The number of allylic oxidation sites excluding steroid dienone is 2. The molecule has 1 rings (SSSR count). The van der Waals surface area contributed by atoms with Gasteiger partial charge in [-0.2, -0.15) is 0 Å². The van der Waals surface area contributed by atoms with Gasteiger partial charge < -0.3 is 10.2 Å². The van der Waals surface area contributed by atoms with Crippen molar-refractivity contribution >= 4 is 5.91 Å². The summed E-state index contributed by atoms with van der Waals surface area (Å²) in [5.41, 5.74) is 1.37. The number of nitrogens with one attached hydrogen (secondary N) is 2. The summed E-state index contributed by atoms with van der Waals surface area (Å²) in [7, 11) is 2.22. The van der Waals surface area contributed by atoms with Gasteiger partial charge in [0.25, 0.3) is 0 Å². The second-order valence-corrected chi connectivity index (χ2v) is 7.26. The topological polar surface area (TPSA) is 33.5 Å². The Morgan fingerprint density at radius 3 is 2.50 bits per heavy atom. The van der Waals surface area contributed by atoms with Crippen LogP contribution >= 0.6 is 0 Å². The van der Waals surface area contributed by atoms with Crippen LogP contribution < -0.4 is 10.2 Å². The van der Waals surface area contributed by atoms with Gasteiger partial charge in [0.1, 0.15) is 6.54 Å². The van der Waals surface area contributed by atoms with E-state index in [0.717, 1.165) is 38.9 Å². The molecule has 0 aliphatic rings. The number of hydrogen-bond donors (Lipinski definition) is 2. The molecule has 0 aliphatic heterocycles. The van der Waals surface area contributed by atoms with Crippen molar-refractivity contribution in [2.45, 2.75) is 71.3 Å². The molecule has 0 heterocycles. The van der Waals surface area contributed by atoms with Crippen molar-refractivity contribution in [3.63, 3.8) is 0 Å². The normalized spacial score (nSPS) is 12.4. The lowest BCUT2D eigenvalue weighted by molar-refractivity contribution is -0.893. The molecule has 0 saturated heterocycles. The highest BCUT2D eigenvalue weighted by Crippen LogP contribution is 2.07. The molecule has 1 unspecified atom stereocenters. The second-order valence-electron chi connectivity index (χ2n) is 7.26. The Morgan fingerprint density at radius 1 is 1.00 bits per heavy atom. The maximum Gasteiger partial charge on any atom is 0.219 e. The van der Waals surface area contributed by atoms with Crippen molar-refractivity contribution in [3.8, 4) is 0 Å². The van der Waals surface area contributed by atoms with Crippen molar-refractivity contribution in [2.24, 2.45) is 0 Å². The number of carbonyl (C=O) groups is 1. The van der Waals surface area contributed by atoms with Crippen LogP contribution in [0.1, 0.15) is 70.3 Å². The first-order valence-corrected chi connectivity index (χ1v) is 10.5. The predicted molar refractivity (Wildman–Crippen MR) is 111 cm³/mol. The first kappa shape index (κ1) is 22.4. The van der Waals surface area contributed by atoms with Gasteiger partial charge in [0, 0.05) is 24.9 Å². The molecule has 0 aromatic heterocycles. The molecule has 146 valence electrons. The van der Waals surface area contributed by atoms with Gasteiger partial charge in [-0.15, -0.1) is 0 Å². The van der Waals surface area contributed by atoms with E-state index in [1.54, 1.807) is 0 Å². The van der Waals surface area contributed by atoms with Gasteiger partial charge in [-0.3, -0.25) is 4.79 Å². The van der Waals surface area contributed by atoms with Gasteiger partial charge in [-0.05, 0) is 25.7 Å². The maximum absolute atomic E-state index is 11.9. The first-order valence-electron chi connectivity index (χ1n) is 10.5. The molecule has 1 aromatic carbocycles. The van der Waals surface area contributed by atoms with E-state index in [1.165, 1.54) is 42.6 Å². The summed E-state index contributed by atoms with van der Waals surface area (Å²) < 4.78 is 0. The van der Waals surface area contributed by atoms with Gasteiger partial charge in [0.15, 0.2) is 0 Å². The summed E-state index contributed by atoms with van der Waals surface area (Å²) in [6.45, 7) is 5.10. The van der Waals surface area contributed by atoms with E-state index in [-0.39, 0.29) is 5.91 Å². The third kappa shape index (κ3) is 12.7. The summed E-state index contributed by atoms with van der Waals surface area (Å²) >= 11 is 0. The SMILES string of the molecule is CC/C=C/CCCCCCCC(=O)NCCC[NH+](C)Cc1ccccc1. The molecule has 1 atom stereocenters. The third-order valence-electron chi connectivity index (χ3n) is 4.63. The first-order chi connectivity index (χ1) is 12.7. The van der Waals surface area contributed by atoms with Crippen molar-refractivity contribution < 1.29 is 9.69 Å². The highest BCUT2D eigenvalue weighted by Gasteiger charge is 2.04. The van der Waals surface area contributed by atoms with Crippen molar-refractivity contribution in [2.75, 3.05) is 20.1 Å². The Bertz CT molecular complexity index is 484. The lowest BCUT2D eigenvalue weighted by atomic mass is 10.1. The Balaban J connectivity index is 1.91. The van der Waals surface area contributed by atoms with E-state index in [9.17, 15) is 4.79 Å². The largest absolute Gasteiger partial charge is 0.356 e. The number of hydrogen-bond acceptors (Lipinski definition) is 1. The molecule has 0 bridgehead atoms. The number of benzene rings is 1. The van der Waals surface area contributed by atoms with Crippen LogP contribution in [0.25, 0.3) is 0 Å². The maximum atomic E-state index is 11.9. The van der Waals surface area contributed by atoms with E-state index in [2.05, 4.69) is 61.8 Å². The summed E-state index contributed by atoms with van der Waals surface area (Å²) in [6, 6.07) is 10.6. The molecule has 0 radical (unpaired) electrons. The Hall–Kier alpha value is -1.61. The van der Waals surface area contributed by atoms with E-state index < -0.39 is 0 Å². The zero-order valence-electron chi connectivity index (χ0n) is 16.9. The van der Waals surface area contributed by atoms with Crippen LogP contribution in [0.15, 0.2) is 42.5 Å². The van der Waals surface area contributed by atoms with Gasteiger partial charge >= 0.3 is 0 Å².